The number of thiazole rings is 1. The first kappa shape index (κ1) is 27.7. The van der Waals surface area contributed by atoms with Crippen LogP contribution >= 0.6 is 22.9 Å². The van der Waals surface area contributed by atoms with E-state index in [1.807, 2.05) is 43.7 Å². The summed E-state index contributed by atoms with van der Waals surface area (Å²) in [7, 11) is -3.77. The van der Waals surface area contributed by atoms with Gasteiger partial charge in [-0.15, -0.1) is 0 Å². The molecular formula is C27H29ClFN5O3S2. The zero-order chi connectivity index (χ0) is 27.9. The van der Waals surface area contributed by atoms with E-state index in [9.17, 15) is 17.6 Å². The lowest BCUT2D eigenvalue weighted by molar-refractivity contribution is -0.123. The first-order chi connectivity index (χ1) is 18.5. The predicted octanol–water partition coefficient (Wildman–Crippen LogP) is 5.34. The van der Waals surface area contributed by atoms with Crippen LogP contribution in [0, 0.1) is 32.5 Å². The normalized spacial score (nSPS) is 15.2. The highest BCUT2D eigenvalue weighted by Gasteiger charge is 2.35. The molecule has 0 aliphatic carbocycles. The number of benzene rings is 2. The number of rotatable bonds is 7. The summed E-state index contributed by atoms with van der Waals surface area (Å²) in [5, 5.41) is 5.74. The second-order valence-corrected chi connectivity index (χ2v) is 13.2. The van der Waals surface area contributed by atoms with E-state index in [0.717, 1.165) is 39.3 Å². The lowest BCUT2D eigenvalue weighted by Gasteiger charge is -2.33. The molecule has 12 heteroatoms. The van der Waals surface area contributed by atoms with Crippen molar-refractivity contribution in [3.8, 4) is 0 Å². The van der Waals surface area contributed by atoms with E-state index >= 15 is 0 Å². The molecule has 1 aliphatic rings. The molecule has 0 unspecified atom stereocenters. The van der Waals surface area contributed by atoms with E-state index in [0.29, 0.717) is 36.1 Å². The molecule has 1 fully saturated rings. The van der Waals surface area contributed by atoms with Crippen LogP contribution in [0.4, 0.5) is 9.52 Å². The highest BCUT2D eigenvalue weighted by molar-refractivity contribution is 7.89. The van der Waals surface area contributed by atoms with Gasteiger partial charge in [0.25, 0.3) is 0 Å². The Morgan fingerprint density at radius 2 is 1.82 bits per heavy atom. The van der Waals surface area contributed by atoms with Crippen molar-refractivity contribution in [1.29, 1.82) is 0 Å². The van der Waals surface area contributed by atoms with E-state index < -0.39 is 15.8 Å². The average molecular weight is 590 g/mol. The molecule has 8 nitrogen and oxygen atoms in total. The summed E-state index contributed by atoms with van der Waals surface area (Å²) in [6, 6.07) is 10.5. The van der Waals surface area contributed by atoms with E-state index in [1.54, 1.807) is 4.90 Å². The zero-order valence-electron chi connectivity index (χ0n) is 21.9. The quantitative estimate of drug-likeness (QED) is 0.290. The van der Waals surface area contributed by atoms with Gasteiger partial charge in [-0.25, -0.2) is 17.8 Å². The van der Waals surface area contributed by atoms with Crippen LogP contribution in [0.3, 0.4) is 0 Å². The minimum absolute atomic E-state index is 0.0451. The number of amides is 1. The highest BCUT2D eigenvalue weighted by atomic mass is 35.5. The standard InChI is InChI=1S/C27H29ClFN5O3S2/c1-17-14-21(28)16-24-25(17)30-27(38-24)33(12-13-34-19(3)15-18(2)31-34)26(35)20-8-10-32(11-9-20)39(36,37)23-6-4-22(29)5-7-23/h4-7,14-16,20H,8-13H2,1-3H3. The fourth-order valence-corrected chi connectivity index (χ4v) is 7.89. The van der Waals surface area contributed by atoms with Crippen molar-refractivity contribution < 1.29 is 17.6 Å². The van der Waals surface area contributed by atoms with Crippen molar-refractivity contribution in [2.45, 2.75) is 45.1 Å². The lowest BCUT2D eigenvalue weighted by atomic mass is 9.96. The second-order valence-electron chi connectivity index (χ2n) is 9.84. The van der Waals surface area contributed by atoms with Crippen LogP contribution in [0.5, 0.6) is 0 Å². The Labute approximate surface area is 236 Å². The van der Waals surface area contributed by atoms with Crippen molar-refractivity contribution in [2.24, 2.45) is 5.92 Å². The van der Waals surface area contributed by atoms with Gasteiger partial charge < -0.3 is 0 Å². The van der Waals surface area contributed by atoms with Gasteiger partial charge in [0.05, 0.1) is 27.4 Å². The van der Waals surface area contributed by atoms with E-state index in [2.05, 4.69) is 5.10 Å². The van der Waals surface area contributed by atoms with Gasteiger partial charge >= 0.3 is 0 Å². The Morgan fingerprint density at radius 3 is 2.46 bits per heavy atom. The van der Waals surface area contributed by atoms with Crippen LogP contribution in [-0.2, 0) is 21.4 Å². The minimum atomic E-state index is -3.77. The van der Waals surface area contributed by atoms with Crippen molar-refractivity contribution in [2.75, 3.05) is 24.5 Å². The topological polar surface area (TPSA) is 88.4 Å². The minimum Gasteiger partial charge on any atom is -0.286 e. The summed E-state index contributed by atoms with van der Waals surface area (Å²) in [6.07, 6.45) is 0.761. The molecular weight excluding hydrogens is 561 g/mol. The van der Waals surface area contributed by atoms with E-state index in [-0.39, 0.29) is 29.8 Å². The van der Waals surface area contributed by atoms with Crippen LogP contribution < -0.4 is 4.90 Å². The largest absolute Gasteiger partial charge is 0.286 e. The van der Waals surface area contributed by atoms with Crippen LogP contribution in [0.15, 0.2) is 47.4 Å². The number of anilines is 1. The molecule has 2 aromatic heterocycles. The summed E-state index contributed by atoms with van der Waals surface area (Å²) in [6.45, 7) is 7.14. The Morgan fingerprint density at radius 1 is 1.13 bits per heavy atom. The maximum Gasteiger partial charge on any atom is 0.243 e. The highest BCUT2D eigenvalue weighted by Crippen LogP contribution is 2.35. The molecule has 5 rings (SSSR count). The number of hydrogen-bond acceptors (Lipinski definition) is 6. The summed E-state index contributed by atoms with van der Waals surface area (Å²) >= 11 is 7.69. The van der Waals surface area contributed by atoms with E-state index in [4.69, 9.17) is 16.6 Å². The molecule has 1 amide bonds. The number of aryl methyl sites for hydroxylation is 3. The fraction of sp³-hybridized carbons (Fsp3) is 0.370. The molecule has 206 valence electrons. The average Bonchev–Trinajstić information content (AvgIpc) is 3.46. The molecule has 39 heavy (non-hydrogen) atoms. The van der Waals surface area contributed by atoms with E-state index in [1.165, 1.54) is 27.8 Å². The molecule has 0 N–H and O–H groups in total. The Hall–Kier alpha value is -2.86. The number of halogens is 2. The Balaban J connectivity index is 1.37. The number of aromatic nitrogens is 3. The van der Waals surface area contributed by atoms with Crippen LogP contribution in [0.25, 0.3) is 10.2 Å². The molecule has 1 aliphatic heterocycles. The summed E-state index contributed by atoms with van der Waals surface area (Å²) in [4.78, 5) is 20.5. The number of fused-ring (bicyclic) bond motifs is 1. The SMILES string of the molecule is Cc1cc(C)n(CCN(C(=O)C2CCN(S(=O)(=O)c3ccc(F)cc3)CC2)c2nc3c(C)cc(Cl)cc3s2)n1. The fourth-order valence-electron chi connectivity index (χ4n) is 4.97. The third-order valence-electron chi connectivity index (χ3n) is 7.03. The second kappa shape index (κ2) is 11.0. The Bertz CT molecular complexity index is 1630. The molecule has 0 atom stereocenters. The van der Waals surface area contributed by atoms with Crippen LogP contribution in [-0.4, -0.2) is 53.0 Å². The van der Waals surface area contributed by atoms with Crippen molar-refractivity contribution >= 4 is 54.2 Å². The first-order valence-corrected chi connectivity index (χ1v) is 15.3. The van der Waals surface area contributed by atoms with Gasteiger partial charge in [-0.3, -0.25) is 14.4 Å². The zero-order valence-corrected chi connectivity index (χ0v) is 24.3. The molecule has 3 heterocycles. The number of carbonyl (C=O) groups is 1. The molecule has 0 spiro atoms. The number of nitrogens with zero attached hydrogens (tertiary/aromatic N) is 5. The number of carbonyl (C=O) groups excluding carboxylic acids is 1. The monoisotopic (exact) mass is 589 g/mol. The molecule has 0 saturated carbocycles. The number of piperidine rings is 1. The maximum atomic E-state index is 13.9. The van der Waals surface area contributed by atoms with Crippen molar-refractivity contribution in [3.63, 3.8) is 0 Å². The molecule has 4 aromatic rings. The first-order valence-electron chi connectivity index (χ1n) is 12.7. The van der Waals surface area contributed by atoms with Gasteiger partial charge in [0.2, 0.25) is 15.9 Å². The summed E-state index contributed by atoms with van der Waals surface area (Å²) in [5.41, 5.74) is 3.66. The third-order valence-corrected chi connectivity index (χ3v) is 10.2. The third kappa shape index (κ3) is 5.72. The van der Waals surface area contributed by atoms with Gasteiger partial charge in [0.15, 0.2) is 5.13 Å². The molecule has 1 saturated heterocycles. The maximum absolute atomic E-state index is 13.9. The van der Waals surface area contributed by atoms with Gasteiger partial charge in [0.1, 0.15) is 5.82 Å². The summed E-state index contributed by atoms with van der Waals surface area (Å²) < 4.78 is 43.6. The molecule has 2 aromatic carbocycles. The van der Waals surface area contributed by atoms with Gasteiger partial charge in [0, 0.05) is 36.3 Å². The van der Waals surface area contributed by atoms with Gasteiger partial charge in [-0.1, -0.05) is 22.9 Å². The van der Waals surface area contributed by atoms with Crippen molar-refractivity contribution in [3.05, 3.63) is 70.3 Å². The smallest absolute Gasteiger partial charge is 0.243 e. The van der Waals surface area contributed by atoms with Crippen LogP contribution in [0.2, 0.25) is 5.02 Å². The van der Waals surface area contributed by atoms with Gasteiger partial charge in [-0.05, 0) is 81.6 Å². The summed E-state index contributed by atoms with van der Waals surface area (Å²) in [5.74, 6) is -0.939. The number of hydrogen-bond donors (Lipinski definition) is 0. The van der Waals surface area contributed by atoms with Gasteiger partial charge in [-0.2, -0.15) is 9.40 Å². The molecule has 0 radical (unpaired) electrons. The molecule has 0 bridgehead atoms. The van der Waals surface area contributed by atoms with Crippen molar-refractivity contribution in [1.82, 2.24) is 19.1 Å². The van der Waals surface area contributed by atoms with Crippen LogP contribution in [0.1, 0.15) is 29.8 Å². The number of sulfonamides is 1. The lowest BCUT2D eigenvalue weighted by Crippen LogP contribution is -2.45. The predicted molar refractivity (Wildman–Crippen MR) is 151 cm³/mol. The Kier molecular flexibility index (Phi) is 7.78.